The van der Waals surface area contributed by atoms with E-state index in [1.807, 2.05) is 24.3 Å². The molecule has 5 nitrogen and oxygen atoms in total. The number of hydrogen-bond acceptors (Lipinski definition) is 5. The van der Waals surface area contributed by atoms with Crippen molar-refractivity contribution in [3.63, 3.8) is 0 Å². The van der Waals surface area contributed by atoms with E-state index in [-0.39, 0.29) is 6.10 Å². The van der Waals surface area contributed by atoms with Gasteiger partial charge in [-0.05, 0) is 37.5 Å². The molecule has 0 N–H and O–H groups in total. The molecule has 0 aliphatic carbocycles. The minimum atomic E-state index is 0.124. The smallest absolute Gasteiger partial charge is 0.159 e. The summed E-state index contributed by atoms with van der Waals surface area (Å²) in [5, 5.41) is 0. The van der Waals surface area contributed by atoms with Crippen LogP contribution in [0.25, 0.3) is 11.4 Å². The molecule has 26 heavy (non-hydrogen) atoms. The lowest BCUT2D eigenvalue weighted by Gasteiger charge is -2.09. The van der Waals surface area contributed by atoms with Crippen LogP contribution in [0.1, 0.15) is 43.8 Å². The molecular formula is C21H26N2O3. The fourth-order valence-electron chi connectivity index (χ4n) is 2.83. The Morgan fingerprint density at radius 3 is 2.65 bits per heavy atom. The number of unbranched alkanes of at least 4 members (excludes halogenated alkanes) is 4. The van der Waals surface area contributed by atoms with Crippen LogP contribution in [0.5, 0.6) is 11.5 Å². The normalized spacial score (nSPS) is 15.5. The van der Waals surface area contributed by atoms with E-state index in [2.05, 4.69) is 16.5 Å². The summed E-state index contributed by atoms with van der Waals surface area (Å²) in [6, 6.07) is 5.94. The second-order valence-electron chi connectivity index (χ2n) is 6.36. The van der Waals surface area contributed by atoms with Crippen molar-refractivity contribution in [2.75, 3.05) is 20.3 Å². The molecule has 2 aromatic rings. The molecule has 0 saturated carbocycles. The molecule has 0 unspecified atom stereocenters. The summed E-state index contributed by atoms with van der Waals surface area (Å²) < 4.78 is 16.5. The fraction of sp³-hybridized carbons (Fsp3) is 0.429. The van der Waals surface area contributed by atoms with Crippen LogP contribution in [-0.2, 0) is 4.74 Å². The standard InChI is InChI=1S/C21H26N2O3/c1-3-4-5-6-7-8-11-25-17-13-22-21(23-14-17)16-9-10-19(24-2)18(12-16)20-15-26-20/h3,9-10,12-14,20H,1,4-8,11,15H2,2H3/t20-/m1/s1. The van der Waals surface area contributed by atoms with Crippen molar-refractivity contribution < 1.29 is 14.2 Å². The number of rotatable bonds is 11. The summed E-state index contributed by atoms with van der Waals surface area (Å²) in [6.07, 6.45) is 11.3. The Bertz CT molecular complexity index is 712. The van der Waals surface area contributed by atoms with Crippen LogP contribution < -0.4 is 9.47 Å². The maximum Gasteiger partial charge on any atom is 0.159 e. The van der Waals surface area contributed by atoms with Gasteiger partial charge in [0.25, 0.3) is 0 Å². The first-order valence-electron chi connectivity index (χ1n) is 9.17. The van der Waals surface area contributed by atoms with E-state index in [9.17, 15) is 0 Å². The highest BCUT2D eigenvalue weighted by Crippen LogP contribution is 2.38. The summed E-state index contributed by atoms with van der Waals surface area (Å²) >= 11 is 0. The van der Waals surface area contributed by atoms with E-state index < -0.39 is 0 Å². The average molecular weight is 354 g/mol. The Hall–Kier alpha value is -2.40. The number of nitrogens with zero attached hydrogens (tertiary/aromatic N) is 2. The van der Waals surface area contributed by atoms with Gasteiger partial charge in [0.1, 0.15) is 11.9 Å². The van der Waals surface area contributed by atoms with Crippen molar-refractivity contribution in [2.45, 2.75) is 38.2 Å². The van der Waals surface area contributed by atoms with Gasteiger partial charge in [-0.15, -0.1) is 6.58 Å². The predicted molar refractivity (Wildman–Crippen MR) is 101 cm³/mol. The third-order valence-electron chi connectivity index (χ3n) is 4.37. The zero-order valence-corrected chi connectivity index (χ0v) is 15.3. The van der Waals surface area contributed by atoms with Crippen molar-refractivity contribution in [3.05, 3.63) is 48.8 Å². The van der Waals surface area contributed by atoms with Gasteiger partial charge in [0, 0.05) is 11.1 Å². The second-order valence-corrected chi connectivity index (χ2v) is 6.36. The molecule has 1 atom stereocenters. The number of epoxide rings is 1. The Labute approximate surface area is 155 Å². The molecule has 1 aliphatic rings. The monoisotopic (exact) mass is 354 g/mol. The fourth-order valence-corrected chi connectivity index (χ4v) is 2.83. The van der Waals surface area contributed by atoms with Gasteiger partial charge in [0.2, 0.25) is 0 Å². The molecule has 5 heteroatoms. The zero-order valence-electron chi connectivity index (χ0n) is 15.3. The lowest BCUT2D eigenvalue weighted by Crippen LogP contribution is -1.99. The molecule has 1 aromatic carbocycles. The second kappa shape index (κ2) is 9.34. The van der Waals surface area contributed by atoms with Crippen molar-refractivity contribution in [3.8, 4) is 22.9 Å². The largest absolute Gasteiger partial charge is 0.496 e. The Balaban J connectivity index is 1.53. The van der Waals surface area contributed by atoms with Crippen LogP contribution in [0, 0.1) is 0 Å². The Morgan fingerprint density at radius 2 is 1.96 bits per heavy atom. The molecule has 0 spiro atoms. The minimum absolute atomic E-state index is 0.124. The number of allylic oxidation sites excluding steroid dienone is 1. The number of aromatic nitrogens is 2. The maximum absolute atomic E-state index is 5.73. The van der Waals surface area contributed by atoms with Gasteiger partial charge in [0.05, 0.1) is 32.7 Å². The quantitative estimate of drug-likeness (QED) is 0.331. The van der Waals surface area contributed by atoms with E-state index in [4.69, 9.17) is 14.2 Å². The van der Waals surface area contributed by atoms with E-state index in [1.165, 1.54) is 19.3 Å². The number of hydrogen-bond donors (Lipinski definition) is 0. The number of benzene rings is 1. The first-order valence-corrected chi connectivity index (χ1v) is 9.17. The van der Waals surface area contributed by atoms with Gasteiger partial charge in [-0.2, -0.15) is 0 Å². The third kappa shape index (κ3) is 5.05. The van der Waals surface area contributed by atoms with Crippen LogP contribution in [0.3, 0.4) is 0 Å². The highest BCUT2D eigenvalue weighted by Gasteiger charge is 2.28. The molecule has 1 saturated heterocycles. The van der Waals surface area contributed by atoms with Crippen LogP contribution in [0.15, 0.2) is 43.2 Å². The average Bonchev–Trinajstić information content (AvgIpc) is 3.52. The topological polar surface area (TPSA) is 56.8 Å². The van der Waals surface area contributed by atoms with Crippen LogP contribution in [0.2, 0.25) is 0 Å². The van der Waals surface area contributed by atoms with E-state index in [1.54, 1.807) is 19.5 Å². The Morgan fingerprint density at radius 1 is 1.19 bits per heavy atom. The van der Waals surface area contributed by atoms with Gasteiger partial charge >= 0.3 is 0 Å². The lowest BCUT2D eigenvalue weighted by molar-refractivity contribution is 0.302. The predicted octanol–water partition coefficient (Wildman–Crippen LogP) is 4.74. The number of methoxy groups -OCH3 is 1. The zero-order chi connectivity index (χ0) is 18.2. The van der Waals surface area contributed by atoms with Crippen molar-refractivity contribution >= 4 is 0 Å². The molecule has 138 valence electrons. The van der Waals surface area contributed by atoms with E-state index in [0.717, 1.165) is 36.3 Å². The lowest BCUT2D eigenvalue weighted by atomic mass is 10.1. The highest BCUT2D eigenvalue weighted by molar-refractivity contribution is 5.59. The first-order chi connectivity index (χ1) is 12.8. The molecule has 0 bridgehead atoms. The molecular weight excluding hydrogens is 328 g/mol. The first kappa shape index (κ1) is 18.4. The van der Waals surface area contributed by atoms with Crippen LogP contribution >= 0.6 is 0 Å². The summed E-state index contributed by atoms with van der Waals surface area (Å²) in [5.74, 6) is 2.22. The summed E-state index contributed by atoms with van der Waals surface area (Å²) in [7, 11) is 1.67. The Kier molecular flexibility index (Phi) is 6.61. The highest BCUT2D eigenvalue weighted by atomic mass is 16.6. The molecule has 1 aliphatic heterocycles. The summed E-state index contributed by atoms with van der Waals surface area (Å²) in [4.78, 5) is 8.87. The third-order valence-corrected chi connectivity index (χ3v) is 4.37. The molecule has 3 rings (SSSR count). The number of ether oxygens (including phenoxy) is 3. The van der Waals surface area contributed by atoms with E-state index >= 15 is 0 Å². The minimum Gasteiger partial charge on any atom is -0.496 e. The summed E-state index contributed by atoms with van der Waals surface area (Å²) in [6.45, 7) is 5.17. The van der Waals surface area contributed by atoms with Gasteiger partial charge < -0.3 is 14.2 Å². The van der Waals surface area contributed by atoms with Crippen LogP contribution in [0.4, 0.5) is 0 Å². The van der Waals surface area contributed by atoms with E-state index in [0.29, 0.717) is 18.2 Å². The molecule has 1 aromatic heterocycles. The van der Waals surface area contributed by atoms with Crippen molar-refractivity contribution in [1.29, 1.82) is 0 Å². The van der Waals surface area contributed by atoms with Gasteiger partial charge in [0.15, 0.2) is 11.6 Å². The molecule has 2 heterocycles. The van der Waals surface area contributed by atoms with Crippen molar-refractivity contribution in [2.24, 2.45) is 0 Å². The van der Waals surface area contributed by atoms with Gasteiger partial charge in [-0.1, -0.05) is 18.9 Å². The maximum atomic E-state index is 5.73. The van der Waals surface area contributed by atoms with Gasteiger partial charge in [-0.25, -0.2) is 9.97 Å². The molecule has 1 fully saturated rings. The SMILES string of the molecule is C=CCCCCCCOc1cnc(-c2ccc(OC)c([C@H]3CO3)c2)nc1. The van der Waals surface area contributed by atoms with Gasteiger partial charge in [-0.3, -0.25) is 0 Å². The summed E-state index contributed by atoms with van der Waals surface area (Å²) in [5.41, 5.74) is 2.00. The molecule has 0 amide bonds. The van der Waals surface area contributed by atoms with Crippen LogP contribution in [-0.4, -0.2) is 30.3 Å². The molecule has 0 radical (unpaired) electrons. The van der Waals surface area contributed by atoms with Crippen molar-refractivity contribution in [1.82, 2.24) is 9.97 Å².